The van der Waals surface area contributed by atoms with Gasteiger partial charge in [0.2, 0.25) is 0 Å². The molecule has 0 amide bonds. The normalized spacial score (nSPS) is 25.3. The fourth-order valence-corrected chi connectivity index (χ4v) is 2.77. The maximum atomic E-state index is 12.1. The van der Waals surface area contributed by atoms with Crippen molar-refractivity contribution >= 4 is 0 Å². The Morgan fingerprint density at radius 3 is 2.29 bits per heavy atom. The molecule has 1 aromatic carbocycles. The molecule has 0 aliphatic heterocycles. The number of aryl methyl sites for hydroxylation is 1. The Kier molecular flexibility index (Phi) is 4.36. The monoisotopic (exact) mass is 232 g/mol. The lowest BCUT2D eigenvalue weighted by Crippen LogP contribution is -2.11. The number of allylic oxidation sites excluding steroid dienone is 1. The van der Waals surface area contributed by atoms with Gasteiger partial charge in [0, 0.05) is 0 Å². The van der Waals surface area contributed by atoms with E-state index >= 15 is 0 Å². The van der Waals surface area contributed by atoms with Crippen LogP contribution >= 0.6 is 0 Å². The zero-order valence-electron chi connectivity index (χ0n) is 10.5. The van der Waals surface area contributed by atoms with E-state index in [1.807, 2.05) is 0 Å². The first kappa shape index (κ1) is 12.3. The van der Waals surface area contributed by atoms with Crippen molar-refractivity contribution in [1.29, 1.82) is 0 Å². The number of benzene rings is 1. The third-order valence-corrected chi connectivity index (χ3v) is 3.98. The van der Waals surface area contributed by atoms with Crippen molar-refractivity contribution in [1.82, 2.24) is 0 Å². The van der Waals surface area contributed by atoms with Crippen molar-refractivity contribution in [3.05, 3.63) is 47.8 Å². The van der Waals surface area contributed by atoms with Gasteiger partial charge in [-0.05, 0) is 55.1 Å². The molecular weight excluding hydrogens is 211 g/mol. The molecule has 0 saturated heterocycles. The molecule has 0 atom stereocenters. The van der Waals surface area contributed by atoms with Gasteiger partial charge in [-0.1, -0.05) is 37.3 Å². The van der Waals surface area contributed by atoms with Crippen LogP contribution in [0.1, 0.15) is 49.7 Å². The molecule has 0 bridgehead atoms. The van der Waals surface area contributed by atoms with E-state index in [-0.39, 0.29) is 0 Å². The molecule has 2 rings (SSSR count). The highest BCUT2D eigenvalue weighted by Crippen LogP contribution is 2.36. The minimum atomic E-state index is 0.464. The van der Waals surface area contributed by atoms with Gasteiger partial charge in [-0.3, -0.25) is 0 Å². The molecule has 1 aliphatic carbocycles. The average Bonchev–Trinajstić information content (AvgIpc) is 2.40. The van der Waals surface area contributed by atoms with Gasteiger partial charge in [-0.25, -0.2) is 4.39 Å². The SMILES string of the molecule is CCc1ccc(C2CCC(/C=C/F)CC2)cc1. The first-order valence-electron chi connectivity index (χ1n) is 6.69. The summed E-state index contributed by atoms with van der Waals surface area (Å²) in [6.45, 7) is 2.18. The van der Waals surface area contributed by atoms with Crippen LogP contribution in [0, 0.1) is 5.92 Å². The highest BCUT2D eigenvalue weighted by atomic mass is 19.1. The predicted octanol–water partition coefficient (Wildman–Crippen LogP) is 5.01. The standard InChI is InChI=1S/C16H21F/c1-2-13-3-7-15(8-4-13)16-9-5-14(6-10-16)11-12-17/h3-4,7-8,11-12,14,16H,2,5-6,9-10H2,1H3/b12-11+. The van der Waals surface area contributed by atoms with Crippen molar-refractivity contribution in [3.8, 4) is 0 Å². The fourth-order valence-electron chi connectivity index (χ4n) is 2.77. The van der Waals surface area contributed by atoms with Gasteiger partial charge in [0.15, 0.2) is 0 Å². The molecule has 17 heavy (non-hydrogen) atoms. The van der Waals surface area contributed by atoms with Gasteiger partial charge in [0.05, 0.1) is 6.33 Å². The van der Waals surface area contributed by atoms with Crippen molar-refractivity contribution in [3.63, 3.8) is 0 Å². The lowest BCUT2D eigenvalue weighted by molar-refractivity contribution is 0.373. The molecule has 0 unspecified atom stereocenters. The van der Waals surface area contributed by atoms with Crippen LogP contribution in [0.4, 0.5) is 4.39 Å². The molecule has 0 nitrogen and oxygen atoms in total. The summed E-state index contributed by atoms with van der Waals surface area (Å²) in [7, 11) is 0. The molecule has 0 spiro atoms. The van der Waals surface area contributed by atoms with Crippen LogP contribution in [-0.2, 0) is 6.42 Å². The third-order valence-electron chi connectivity index (χ3n) is 3.98. The lowest BCUT2D eigenvalue weighted by atomic mass is 9.78. The van der Waals surface area contributed by atoms with E-state index in [2.05, 4.69) is 31.2 Å². The Morgan fingerprint density at radius 1 is 1.12 bits per heavy atom. The molecule has 92 valence electrons. The molecular formula is C16H21F. The molecule has 1 saturated carbocycles. The molecule has 0 radical (unpaired) electrons. The Balaban J connectivity index is 1.95. The summed E-state index contributed by atoms with van der Waals surface area (Å²) in [6, 6.07) is 9.02. The fraction of sp³-hybridized carbons (Fsp3) is 0.500. The van der Waals surface area contributed by atoms with Crippen LogP contribution in [-0.4, -0.2) is 0 Å². The van der Waals surface area contributed by atoms with Crippen LogP contribution in [0.5, 0.6) is 0 Å². The molecule has 0 aromatic heterocycles. The highest BCUT2D eigenvalue weighted by Gasteiger charge is 2.20. The van der Waals surface area contributed by atoms with Crippen molar-refractivity contribution in [2.75, 3.05) is 0 Å². The third kappa shape index (κ3) is 3.18. The van der Waals surface area contributed by atoms with Gasteiger partial charge < -0.3 is 0 Å². The maximum Gasteiger partial charge on any atom is 0.0829 e. The molecule has 1 fully saturated rings. The Bertz CT molecular complexity index is 356. The Hall–Kier alpha value is -1.11. The van der Waals surface area contributed by atoms with Gasteiger partial charge >= 0.3 is 0 Å². The molecule has 1 aromatic rings. The largest absolute Gasteiger partial charge is 0.216 e. The van der Waals surface area contributed by atoms with Crippen molar-refractivity contribution < 1.29 is 4.39 Å². The lowest BCUT2D eigenvalue weighted by Gasteiger charge is -2.26. The summed E-state index contributed by atoms with van der Waals surface area (Å²) in [5, 5.41) is 0. The van der Waals surface area contributed by atoms with Crippen LogP contribution in [0.25, 0.3) is 0 Å². The van der Waals surface area contributed by atoms with Gasteiger partial charge in [0.25, 0.3) is 0 Å². The second-order valence-electron chi connectivity index (χ2n) is 5.03. The maximum absolute atomic E-state index is 12.1. The zero-order valence-corrected chi connectivity index (χ0v) is 10.5. The summed E-state index contributed by atoms with van der Waals surface area (Å²) in [5.41, 5.74) is 2.87. The van der Waals surface area contributed by atoms with Gasteiger partial charge in [0.1, 0.15) is 0 Å². The van der Waals surface area contributed by atoms with Crippen molar-refractivity contribution in [2.45, 2.75) is 44.9 Å². The molecule has 1 heteroatoms. The van der Waals surface area contributed by atoms with Crippen LogP contribution < -0.4 is 0 Å². The summed E-state index contributed by atoms with van der Waals surface area (Å²) in [4.78, 5) is 0. The van der Waals surface area contributed by atoms with E-state index < -0.39 is 0 Å². The van der Waals surface area contributed by atoms with Gasteiger partial charge in [-0.2, -0.15) is 0 Å². The average molecular weight is 232 g/mol. The second kappa shape index (κ2) is 6.00. The second-order valence-corrected chi connectivity index (χ2v) is 5.03. The summed E-state index contributed by atoms with van der Waals surface area (Å²) >= 11 is 0. The van der Waals surface area contributed by atoms with Crippen molar-refractivity contribution in [2.24, 2.45) is 5.92 Å². The molecule has 0 heterocycles. The number of halogens is 1. The van der Waals surface area contributed by atoms with E-state index in [0.717, 1.165) is 19.3 Å². The summed E-state index contributed by atoms with van der Waals surface area (Å²) in [5.74, 6) is 1.15. The number of hydrogen-bond acceptors (Lipinski definition) is 0. The first-order chi connectivity index (χ1) is 8.33. The number of hydrogen-bond donors (Lipinski definition) is 0. The zero-order chi connectivity index (χ0) is 12.1. The Labute approximate surface area is 104 Å². The van der Waals surface area contributed by atoms with Gasteiger partial charge in [-0.15, -0.1) is 0 Å². The molecule has 0 N–H and O–H groups in total. The quantitative estimate of drug-likeness (QED) is 0.687. The van der Waals surface area contributed by atoms with Crippen LogP contribution in [0.15, 0.2) is 36.7 Å². The minimum absolute atomic E-state index is 0.464. The van der Waals surface area contributed by atoms with E-state index in [9.17, 15) is 4.39 Å². The van der Waals surface area contributed by atoms with E-state index in [1.165, 1.54) is 24.0 Å². The molecule has 1 aliphatic rings. The van der Waals surface area contributed by atoms with Crippen LogP contribution in [0.2, 0.25) is 0 Å². The topological polar surface area (TPSA) is 0 Å². The van der Waals surface area contributed by atoms with Crippen LogP contribution in [0.3, 0.4) is 0 Å². The smallest absolute Gasteiger partial charge is 0.0829 e. The number of rotatable bonds is 3. The summed E-state index contributed by atoms with van der Waals surface area (Å²) in [6.07, 6.45) is 8.17. The van der Waals surface area contributed by atoms with E-state index in [4.69, 9.17) is 0 Å². The first-order valence-corrected chi connectivity index (χ1v) is 6.69. The Morgan fingerprint density at radius 2 is 1.76 bits per heavy atom. The predicted molar refractivity (Wildman–Crippen MR) is 70.8 cm³/mol. The van der Waals surface area contributed by atoms with E-state index in [1.54, 1.807) is 6.08 Å². The highest BCUT2D eigenvalue weighted by molar-refractivity contribution is 5.25. The summed E-state index contributed by atoms with van der Waals surface area (Å²) < 4.78 is 12.1. The minimum Gasteiger partial charge on any atom is -0.216 e. The van der Waals surface area contributed by atoms with E-state index in [0.29, 0.717) is 18.2 Å².